The second kappa shape index (κ2) is 8.02. The normalized spacial score (nSPS) is 9.92. The lowest BCUT2D eigenvalue weighted by molar-refractivity contribution is -0.118. The van der Waals surface area contributed by atoms with Crippen LogP contribution in [0.15, 0.2) is 36.4 Å². The molecule has 2 rings (SSSR count). The van der Waals surface area contributed by atoms with E-state index in [9.17, 15) is 4.79 Å². The lowest BCUT2D eigenvalue weighted by Crippen LogP contribution is -2.21. The molecule has 5 heteroatoms. The number of hydrogen-bond acceptors (Lipinski definition) is 4. The Balaban J connectivity index is 2.05. The van der Waals surface area contributed by atoms with E-state index < -0.39 is 0 Å². The van der Waals surface area contributed by atoms with Crippen molar-refractivity contribution in [3.8, 4) is 17.6 Å². The molecule has 0 spiro atoms. The van der Waals surface area contributed by atoms with E-state index in [0.29, 0.717) is 23.7 Å². The Morgan fingerprint density at radius 3 is 2.46 bits per heavy atom. The monoisotopic (exact) mass is 324 g/mol. The number of benzene rings is 2. The van der Waals surface area contributed by atoms with Gasteiger partial charge in [-0.15, -0.1) is 0 Å². The van der Waals surface area contributed by atoms with Crippen LogP contribution in [0.25, 0.3) is 0 Å². The van der Waals surface area contributed by atoms with Gasteiger partial charge in [-0.3, -0.25) is 4.79 Å². The Labute approximate surface area is 141 Å². The highest BCUT2D eigenvalue weighted by Gasteiger charge is 2.11. The Kier molecular flexibility index (Phi) is 5.80. The number of para-hydroxylation sites is 1. The SMILES string of the molecule is CCOc1cc(C#N)ccc1OCC(=O)Nc1c(C)cccc1C. The molecule has 1 N–H and O–H groups in total. The molecule has 24 heavy (non-hydrogen) atoms. The van der Waals surface area contributed by atoms with Gasteiger partial charge in [-0.2, -0.15) is 5.26 Å². The van der Waals surface area contributed by atoms with Crippen molar-refractivity contribution in [2.24, 2.45) is 0 Å². The van der Waals surface area contributed by atoms with Crippen molar-refractivity contribution in [3.63, 3.8) is 0 Å². The van der Waals surface area contributed by atoms with Gasteiger partial charge in [0.1, 0.15) is 0 Å². The summed E-state index contributed by atoms with van der Waals surface area (Å²) in [5.74, 6) is 0.642. The third kappa shape index (κ3) is 4.26. The van der Waals surface area contributed by atoms with Crippen molar-refractivity contribution in [3.05, 3.63) is 53.1 Å². The minimum atomic E-state index is -0.251. The van der Waals surface area contributed by atoms with Gasteiger partial charge in [0.15, 0.2) is 18.1 Å². The summed E-state index contributed by atoms with van der Waals surface area (Å²) in [5.41, 5.74) is 3.27. The van der Waals surface area contributed by atoms with Crippen LogP contribution in [-0.2, 0) is 4.79 Å². The van der Waals surface area contributed by atoms with Crippen LogP contribution in [0, 0.1) is 25.2 Å². The predicted molar refractivity (Wildman–Crippen MR) is 92.4 cm³/mol. The van der Waals surface area contributed by atoms with Gasteiger partial charge in [-0.1, -0.05) is 18.2 Å². The molecular formula is C19H20N2O3. The van der Waals surface area contributed by atoms with E-state index in [1.807, 2.05) is 45.0 Å². The summed E-state index contributed by atoms with van der Waals surface area (Å²) in [7, 11) is 0. The summed E-state index contributed by atoms with van der Waals surface area (Å²) in [6, 6.07) is 12.7. The number of hydrogen-bond donors (Lipinski definition) is 1. The average molecular weight is 324 g/mol. The molecule has 0 heterocycles. The van der Waals surface area contributed by atoms with Crippen molar-refractivity contribution in [1.29, 1.82) is 5.26 Å². The smallest absolute Gasteiger partial charge is 0.262 e. The maximum atomic E-state index is 12.2. The highest BCUT2D eigenvalue weighted by atomic mass is 16.5. The average Bonchev–Trinajstić information content (AvgIpc) is 2.57. The molecule has 0 fully saturated rings. The van der Waals surface area contributed by atoms with Crippen LogP contribution < -0.4 is 14.8 Å². The van der Waals surface area contributed by atoms with Crippen LogP contribution in [0.1, 0.15) is 23.6 Å². The first kappa shape index (κ1) is 17.4. The molecule has 0 saturated heterocycles. The second-order valence-electron chi connectivity index (χ2n) is 5.31. The van der Waals surface area contributed by atoms with Crippen molar-refractivity contribution in [2.45, 2.75) is 20.8 Å². The summed E-state index contributed by atoms with van der Waals surface area (Å²) < 4.78 is 11.0. The first-order valence-electron chi connectivity index (χ1n) is 7.71. The zero-order valence-corrected chi connectivity index (χ0v) is 14.1. The van der Waals surface area contributed by atoms with Crippen LogP contribution in [-0.4, -0.2) is 19.1 Å². The van der Waals surface area contributed by atoms with E-state index in [2.05, 4.69) is 5.32 Å². The van der Waals surface area contributed by atoms with E-state index in [1.54, 1.807) is 18.2 Å². The van der Waals surface area contributed by atoms with E-state index in [4.69, 9.17) is 14.7 Å². The molecule has 0 unspecified atom stereocenters. The van der Waals surface area contributed by atoms with E-state index >= 15 is 0 Å². The van der Waals surface area contributed by atoms with E-state index in [1.165, 1.54) is 0 Å². The van der Waals surface area contributed by atoms with Crippen LogP contribution in [0.5, 0.6) is 11.5 Å². The fraction of sp³-hybridized carbons (Fsp3) is 0.263. The van der Waals surface area contributed by atoms with Crippen LogP contribution in [0.3, 0.4) is 0 Å². The second-order valence-corrected chi connectivity index (χ2v) is 5.31. The fourth-order valence-electron chi connectivity index (χ4n) is 2.30. The third-order valence-electron chi connectivity index (χ3n) is 3.48. The minimum Gasteiger partial charge on any atom is -0.490 e. The summed E-state index contributed by atoms with van der Waals surface area (Å²) >= 11 is 0. The lowest BCUT2D eigenvalue weighted by Gasteiger charge is -2.14. The Hall–Kier alpha value is -3.00. The maximum Gasteiger partial charge on any atom is 0.262 e. The van der Waals surface area contributed by atoms with Crippen LogP contribution in [0.4, 0.5) is 5.69 Å². The van der Waals surface area contributed by atoms with Gasteiger partial charge in [0.2, 0.25) is 0 Å². The molecule has 0 radical (unpaired) electrons. The van der Waals surface area contributed by atoms with Gasteiger partial charge >= 0.3 is 0 Å². The zero-order chi connectivity index (χ0) is 17.5. The van der Waals surface area contributed by atoms with Gasteiger partial charge in [-0.05, 0) is 44.0 Å². The third-order valence-corrected chi connectivity index (χ3v) is 3.48. The molecule has 0 bridgehead atoms. The van der Waals surface area contributed by atoms with Gasteiger partial charge in [0, 0.05) is 11.8 Å². The molecule has 0 aliphatic rings. The number of anilines is 1. The largest absolute Gasteiger partial charge is 0.490 e. The van der Waals surface area contributed by atoms with Gasteiger partial charge in [0.25, 0.3) is 5.91 Å². The number of ether oxygens (including phenoxy) is 2. The Morgan fingerprint density at radius 2 is 1.83 bits per heavy atom. The molecule has 0 aromatic heterocycles. The minimum absolute atomic E-state index is 0.139. The first-order chi connectivity index (χ1) is 11.5. The van der Waals surface area contributed by atoms with Gasteiger partial charge in [-0.25, -0.2) is 0 Å². The summed E-state index contributed by atoms with van der Waals surface area (Å²) in [6.07, 6.45) is 0. The first-order valence-corrected chi connectivity index (χ1v) is 7.71. The van der Waals surface area contributed by atoms with Crippen molar-refractivity contribution in [2.75, 3.05) is 18.5 Å². The highest BCUT2D eigenvalue weighted by molar-refractivity contribution is 5.93. The van der Waals surface area contributed by atoms with E-state index in [-0.39, 0.29) is 12.5 Å². The fourth-order valence-corrected chi connectivity index (χ4v) is 2.30. The van der Waals surface area contributed by atoms with Crippen LogP contribution >= 0.6 is 0 Å². The summed E-state index contributed by atoms with van der Waals surface area (Å²) in [4.78, 5) is 12.2. The highest BCUT2D eigenvalue weighted by Crippen LogP contribution is 2.28. The molecule has 2 aromatic carbocycles. The number of nitrogens with one attached hydrogen (secondary N) is 1. The maximum absolute atomic E-state index is 12.2. The number of nitrogens with zero attached hydrogens (tertiary/aromatic N) is 1. The zero-order valence-electron chi connectivity index (χ0n) is 14.1. The van der Waals surface area contributed by atoms with E-state index in [0.717, 1.165) is 16.8 Å². The molecule has 0 saturated carbocycles. The standard InChI is InChI=1S/C19H20N2O3/c1-4-23-17-10-15(11-20)8-9-16(17)24-12-18(22)21-19-13(2)6-5-7-14(19)3/h5-10H,4,12H2,1-3H3,(H,21,22). The number of nitriles is 1. The van der Waals surface area contributed by atoms with Crippen molar-refractivity contribution >= 4 is 11.6 Å². The molecule has 0 aliphatic heterocycles. The summed E-state index contributed by atoms with van der Waals surface area (Å²) in [6.45, 7) is 6.03. The van der Waals surface area contributed by atoms with Crippen molar-refractivity contribution < 1.29 is 14.3 Å². The predicted octanol–water partition coefficient (Wildman–Crippen LogP) is 3.59. The molecule has 124 valence electrons. The number of rotatable bonds is 6. The van der Waals surface area contributed by atoms with Gasteiger partial charge in [0.05, 0.1) is 18.2 Å². The van der Waals surface area contributed by atoms with Gasteiger partial charge < -0.3 is 14.8 Å². The summed E-state index contributed by atoms with van der Waals surface area (Å²) in [5, 5.41) is 11.8. The van der Waals surface area contributed by atoms with Crippen LogP contribution in [0.2, 0.25) is 0 Å². The number of aryl methyl sites for hydroxylation is 2. The molecule has 5 nitrogen and oxygen atoms in total. The lowest BCUT2D eigenvalue weighted by atomic mass is 10.1. The Morgan fingerprint density at radius 1 is 1.12 bits per heavy atom. The molecule has 0 aliphatic carbocycles. The molecule has 2 aromatic rings. The number of carbonyl (C=O) groups excluding carboxylic acids is 1. The molecule has 1 amide bonds. The van der Waals surface area contributed by atoms with Crippen molar-refractivity contribution in [1.82, 2.24) is 0 Å². The Bertz CT molecular complexity index is 758. The molecule has 0 atom stereocenters. The number of amides is 1. The molecular weight excluding hydrogens is 304 g/mol. The topological polar surface area (TPSA) is 71.3 Å². The number of carbonyl (C=O) groups is 1. The quantitative estimate of drug-likeness (QED) is 0.881.